The Balaban J connectivity index is 2.87. The second-order valence-electron chi connectivity index (χ2n) is 11.7. The Kier molecular flexibility index (Phi) is 9.60. The third-order valence-corrected chi connectivity index (χ3v) is 24.9. The fourth-order valence-corrected chi connectivity index (χ4v) is 17.6. The normalized spacial score (nSPS) is 15.3. The van der Waals surface area contributed by atoms with Crippen molar-refractivity contribution in [1.29, 1.82) is 0 Å². The molecule has 0 amide bonds. The Bertz CT molecular complexity index is 794. The molecule has 0 fully saturated rings. The van der Waals surface area contributed by atoms with E-state index in [1.165, 1.54) is 0 Å². The van der Waals surface area contributed by atoms with Crippen LogP contribution in [-0.2, 0) is 0 Å². The molecule has 2 rings (SSSR count). The fourth-order valence-electron chi connectivity index (χ4n) is 5.54. The quantitative estimate of drug-likeness (QED) is 0.326. The molecular formula is C29H51P3. The zero-order valence-corrected chi connectivity index (χ0v) is 25.8. The summed E-state index contributed by atoms with van der Waals surface area (Å²) in [6.45, 7) is 30.0. The number of rotatable bonds is 9. The Hall–Kier alpha value is -0.270. The van der Waals surface area contributed by atoms with Gasteiger partial charge in [0.15, 0.2) is 0 Å². The van der Waals surface area contributed by atoms with Crippen molar-refractivity contribution < 1.29 is 0 Å². The Morgan fingerprint density at radius 1 is 0.500 bits per heavy atom. The van der Waals surface area contributed by atoms with Crippen LogP contribution in [0.1, 0.15) is 69.2 Å². The van der Waals surface area contributed by atoms with Crippen LogP contribution in [0.4, 0.5) is 0 Å². The van der Waals surface area contributed by atoms with Gasteiger partial charge in [0.05, 0.1) is 0 Å². The van der Waals surface area contributed by atoms with Crippen molar-refractivity contribution in [1.82, 2.24) is 0 Å². The van der Waals surface area contributed by atoms with Gasteiger partial charge in [-0.2, -0.15) is 0 Å². The summed E-state index contributed by atoms with van der Waals surface area (Å²) in [5.74, 6) is 0. The summed E-state index contributed by atoms with van der Waals surface area (Å²) in [5.41, 5.74) is 3.55. The van der Waals surface area contributed by atoms with E-state index in [-0.39, 0.29) is 0 Å². The van der Waals surface area contributed by atoms with Crippen LogP contribution in [-0.4, -0.2) is 41.6 Å². The number of benzene rings is 2. The zero-order chi connectivity index (χ0) is 24.4. The summed E-state index contributed by atoms with van der Waals surface area (Å²) < 4.78 is 0. The molecule has 0 saturated carbocycles. The summed E-state index contributed by atoms with van der Waals surface area (Å²) >= 11 is 0. The molecule has 32 heavy (non-hydrogen) atoms. The minimum absolute atomic E-state index is 0.410. The number of hydrogen-bond acceptors (Lipinski definition) is 0. The first-order chi connectivity index (χ1) is 14.8. The van der Waals surface area contributed by atoms with Gasteiger partial charge in [0.25, 0.3) is 0 Å². The molecule has 0 N–H and O–H groups in total. The van der Waals surface area contributed by atoms with Gasteiger partial charge in [-0.25, -0.2) is 0 Å². The van der Waals surface area contributed by atoms with Gasteiger partial charge < -0.3 is 0 Å². The molecule has 0 aromatic heterocycles. The number of hydrogen-bond donors (Lipinski definition) is 0. The maximum absolute atomic E-state index is 2.64. The Morgan fingerprint density at radius 2 is 0.781 bits per heavy atom. The molecule has 2 aromatic rings. The molecule has 0 aliphatic carbocycles. The van der Waals surface area contributed by atoms with Gasteiger partial charge >= 0.3 is 203 Å². The van der Waals surface area contributed by atoms with Gasteiger partial charge in [0.1, 0.15) is 0 Å². The van der Waals surface area contributed by atoms with E-state index >= 15 is 0 Å². The molecule has 182 valence electrons. The topological polar surface area (TPSA) is 0 Å². The average Bonchev–Trinajstić information content (AvgIpc) is 2.72. The van der Waals surface area contributed by atoms with E-state index < -0.39 is 22.4 Å². The summed E-state index contributed by atoms with van der Waals surface area (Å²) in [7, 11) is -3.70. The van der Waals surface area contributed by atoms with E-state index in [0.717, 1.165) is 22.6 Å². The van der Waals surface area contributed by atoms with Crippen molar-refractivity contribution in [3.05, 3.63) is 48.5 Å². The molecule has 0 unspecified atom stereocenters. The van der Waals surface area contributed by atoms with Crippen molar-refractivity contribution >= 4 is 43.7 Å². The van der Waals surface area contributed by atoms with E-state index in [1.807, 2.05) is 0 Å². The Morgan fingerprint density at radius 3 is 1.03 bits per heavy atom. The molecule has 0 saturated heterocycles. The Labute approximate surface area is 202 Å². The summed E-state index contributed by atoms with van der Waals surface area (Å²) in [6, 6.07) is 19.2. The monoisotopic (exact) mass is 492 g/mol. The van der Waals surface area contributed by atoms with Crippen molar-refractivity contribution in [2.75, 3.05) is 13.3 Å². The van der Waals surface area contributed by atoms with Gasteiger partial charge in [0, 0.05) is 0 Å². The van der Waals surface area contributed by atoms with E-state index in [9.17, 15) is 0 Å². The molecule has 0 aliphatic rings. The van der Waals surface area contributed by atoms with Crippen LogP contribution < -0.4 is 21.2 Å². The van der Waals surface area contributed by atoms with Crippen molar-refractivity contribution in [3.63, 3.8) is 0 Å². The third-order valence-electron chi connectivity index (χ3n) is 8.80. The van der Waals surface area contributed by atoms with Gasteiger partial charge in [-0.1, -0.05) is 0 Å². The van der Waals surface area contributed by atoms with E-state index in [4.69, 9.17) is 0 Å². The second kappa shape index (κ2) is 11.0. The van der Waals surface area contributed by atoms with Crippen LogP contribution in [0.2, 0.25) is 0 Å². The first kappa shape index (κ1) is 28.0. The van der Waals surface area contributed by atoms with E-state index in [2.05, 4.69) is 131 Å². The van der Waals surface area contributed by atoms with Crippen LogP contribution >= 0.6 is 22.4 Å². The standard InChI is InChI=1S/C29H51P3/c1-21(2)30(26-17-13-15-19-28(26)31(11,22(3)4)23(5)6)27-18-14-16-20-29(27)32(12,24(7)8)25(9)10/h13-25,31-32H,1-12H3. The molecule has 0 heterocycles. The second-order valence-corrected chi connectivity index (χ2v) is 25.2. The maximum atomic E-state index is 2.64. The summed E-state index contributed by atoms with van der Waals surface area (Å²) in [5, 5.41) is 6.78. The molecule has 0 nitrogen and oxygen atoms in total. The van der Waals surface area contributed by atoms with Crippen LogP contribution in [0, 0.1) is 0 Å². The van der Waals surface area contributed by atoms with Gasteiger partial charge in [0.2, 0.25) is 0 Å². The molecule has 0 spiro atoms. The summed E-state index contributed by atoms with van der Waals surface area (Å²) in [4.78, 5) is 0. The zero-order valence-electron chi connectivity index (χ0n) is 23.0. The molecule has 3 heteroatoms. The average molecular weight is 493 g/mol. The molecular weight excluding hydrogens is 441 g/mol. The first-order valence-corrected chi connectivity index (χ1v) is 19.5. The molecule has 2 aromatic carbocycles. The predicted molar refractivity (Wildman–Crippen MR) is 162 cm³/mol. The third kappa shape index (κ3) is 5.05. The summed E-state index contributed by atoms with van der Waals surface area (Å²) in [6.07, 6.45) is 0. The van der Waals surface area contributed by atoms with Crippen LogP contribution in [0.3, 0.4) is 0 Å². The van der Waals surface area contributed by atoms with Crippen molar-refractivity contribution in [2.24, 2.45) is 0 Å². The molecule has 0 aliphatic heterocycles. The SMILES string of the molecule is CC(C)P(c1ccccc1[PH](C)(C(C)C)C(C)C)c1ccccc1[PH](C)(C(C)C)C(C)C. The van der Waals surface area contributed by atoms with Crippen LogP contribution in [0.5, 0.6) is 0 Å². The van der Waals surface area contributed by atoms with Crippen molar-refractivity contribution in [3.8, 4) is 0 Å². The first-order valence-electron chi connectivity index (χ1n) is 12.8. The van der Waals surface area contributed by atoms with Gasteiger partial charge in [-0.05, 0) is 0 Å². The molecule has 0 radical (unpaired) electrons. The molecule has 0 bridgehead atoms. The minimum atomic E-state index is -1.65. The van der Waals surface area contributed by atoms with Crippen molar-refractivity contribution in [2.45, 2.75) is 97.5 Å². The van der Waals surface area contributed by atoms with Crippen LogP contribution in [0.15, 0.2) is 48.5 Å². The van der Waals surface area contributed by atoms with Gasteiger partial charge in [-0.3, -0.25) is 0 Å². The molecule has 0 atom stereocenters. The predicted octanol–water partition coefficient (Wildman–Crippen LogP) is 7.17. The van der Waals surface area contributed by atoms with E-state index in [0.29, 0.717) is 5.66 Å². The van der Waals surface area contributed by atoms with Crippen LogP contribution in [0.25, 0.3) is 0 Å². The van der Waals surface area contributed by atoms with E-state index in [1.54, 1.807) is 21.2 Å². The fraction of sp³-hybridized carbons (Fsp3) is 0.586. The van der Waals surface area contributed by atoms with Gasteiger partial charge in [-0.15, -0.1) is 0 Å².